The molecule has 2 rings (SSSR count). The van der Waals surface area contributed by atoms with E-state index in [9.17, 15) is 9.90 Å². The summed E-state index contributed by atoms with van der Waals surface area (Å²) in [7, 11) is 0. The summed E-state index contributed by atoms with van der Waals surface area (Å²) in [4.78, 5) is 12.3. The van der Waals surface area contributed by atoms with Crippen LogP contribution in [0.5, 0.6) is 5.75 Å². The van der Waals surface area contributed by atoms with E-state index >= 15 is 0 Å². The van der Waals surface area contributed by atoms with Crippen LogP contribution < -0.4 is 0 Å². The number of carbonyl (C=O) groups excluding carboxylic acids is 1. The summed E-state index contributed by atoms with van der Waals surface area (Å²) in [5.41, 5.74) is 1.32. The van der Waals surface area contributed by atoms with Gasteiger partial charge in [0.15, 0.2) is 0 Å². The van der Waals surface area contributed by atoms with Crippen LogP contribution in [0.1, 0.15) is 24.0 Å². The first-order chi connectivity index (χ1) is 9.65. The van der Waals surface area contributed by atoms with E-state index in [1.807, 2.05) is 30.3 Å². The predicted molar refractivity (Wildman–Crippen MR) is 80.7 cm³/mol. The van der Waals surface area contributed by atoms with E-state index in [0.29, 0.717) is 16.6 Å². The van der Waals surface area contributed by atoms with Crippen molar-refractivity contribution in [3.63, 3.8) is 0 Å². The zero-order valence-electron chi connectivity index (χ0n) is 11.0. The van der Waals surface area contributed by atoms with Crippen LogP contribution in [0.3, 0.4) is 0 Å². The Labute approximate surface area is 126 Å². The molecule has 0 saturated heterocycles. The molecule has 104 valence electrons. The summed E-state index contributed by atoms with van der Waals surface area (Å²) in [5.74, 6) is -0.935. The van der Waals surface area contributed by atoms with Gasteiger partial charge in [-0.2, -0.15) is 0 Å². The lowest BCUT2D eigenvalue weighted by molar-refractivity contribution is -0.143. The number of ether oxygens (including phenoxy) is 1. The number of phenols is 1. The van der Waals surface area contributed by atoms with Crippen molar-refractivity contribution in [2.75, 3.05) is 6.61 Å². The number of esters is 1. The number of halogens is 1. The average molecular weight is 335 g/mol. The van der Waals surface area contributed by atoms with E-state index in [-0.39, 0.29) is 11.7 Å². The molecule has 0 spiro atoms. The van der Waals surface area contributed by atoms with Crippen LogP contribution >= 0.6 is 15.9 Å². The molecular weight excluding hydrogens is 320 g/mol. The summed E-state index contributed by atoms with van der Waals surface area (Å²) < 4.78 is 5.70. The number of rotatable bonds is 4. The third-order valence-corrected chi connectivity index (χ3v) is 3.62. The molecule has 1 atom stereocenters. The molecule has 1 N–H and O–H groups in total. The van der Waals surface area contributed by atoms with Gasteiger partial charge in [-0.1, -0.05) is 42.5 Å². The zero-order valence-corrected chi connectivity index (χ0v) is 12.6. The topological polar surface area (TPSA) is 46.5 Å². The summed E-state index contributed by atoms with van der Waals surface area (Å²) in [5, 5.41) is 10.2. The van der Waals surface area contributed by atoms with Crippen LogP contribution in [0, 0.1) is 0 Å². The van der Waals surface area contributed by atoms with Crippen molar-refractivity contribution < 1.29 is 14.6 Å². The number of phenolic OH excluding ortho intramolecular Hbond substituents is 1. The zero-order chi connectivity index (χ0) is 14.5. The molecule has 2 aromatic rings. The molecule has 20 heavy (non-hydrogen) atoms. The fourth-order valence-electron chi connectivity index (χ4n) is 2.08. The Morgan fingerprint density at radius 2 is 1.90 bits per heavy atom. The normalized spacial score (nSPS) is 11.9. The van der Waals surface area contributed by atoms with E-state index in [2.05, 4.69) is 15.9 Å². The number of benzene rings is 2. The molecule has 1 unspecified atom stereocenters. The molecule has 0 saturated carbocycles. The summed E-state index contributed by atoms with van der Waals surface area (Å²) in [6.45, 7) is 2.07. The minimum absolute atomic E-state index is 0.0643. The molecule has 0 aromatic heterocycles. The molecule has 0 heterocycles. The molecule has 0 fully saturated rings. The van der Waals surface area contributed by atoms with Crippen molar-refractivity contribution in [3.8, 4) is 5.75 Å². The smallest absolute Gasteiger partial charge is 0.318 e. The molecule has 0 amide bonds. The minimum atomic E-state index is -0.631. The van der Waals surface area contributed by atoms with Crippen molar-refractivity contribution in [2.24, 2.45) is 0 Å². The lowest BCUT2D eigenvalue weighted by Gasteiger charge is -2.18. The van der Waals surface area contributed by atoms with Crippen LogP contribution in [-0.2, 0) is 9.53 Å². The standard InChI is InChI=1S/C16H15BrO3/c1-2-20-16(19)14(11-7-4-3-5-8-11)12-9-6-10-13(17)15(12)18/h3-10,14,18H,2H2,1H3. The second kappa shape index (κ2) is 6.57. The second-order valence-electron chi connectivity index (χ2n) is 4.27. The highest BCUT2D eigenvalue weighted by atomic mass is 79.9. The Morgan fingerprint density at radius 3 is 2.55 bits per heavy atom. The van der Waals surface area contributed by atoms with Gasteiger partial charge in [-0.25, -0.2) is 0 Å². The first-order valence-corrected chi connectivity index (χ1v) is 7.13. The van der Waals surface area contributed by atoms with Gasteiger partial charge in [-0.05, 0) is 34.5 Å². The second-order valence-corrected chi connectivity index (χ2v) is 5.13. The number of para-hydroxylation sites is 1. The van der Waals surface area contributed by atoms with Crippen molar-refractivity contribution in [1.29, 1.82) is 0 Å². The van der Waals surface area contributed by atoms with Gasteiger partial charge in [0.05, 0.1) is 11.1 Å². The van der Waals surface area contributed by atoms with Crippen LogP contribution in [0.2, 0.25) is 0 Å². The lowest BCUT2D eigenvalue weighted by atomic mass is 9.91. The number of carbonyl (C=O) groups is 1. The Hall–Kier alpha value is -1.81. The van der Waals surface area contributed by atoms with Gasteiger partial charge in [-0.3, -0.25) is 4.79 Å². The molecule has 4 heteroatoms. The van der Waals surface area contributed by atoms with Gasteiger partial charge >= 0.3 is 5.97 Å². The van der Waals surface area contributed by atoms with E-state index in [1.54, 1.807) is 25.1 Å². The molecule has 3 nitrogen and oxygen atoms in total. The fraction of sp³-hybridized carbons (Fsp3) is 0.188. The number of hydrogen-bond acceptors (Lipinski definition) is 3. The van der Waals surface area contributed by atoms with E-state index in [4.69, 9.17) is 4.74 Å². The van der Waals surface area contributed by atoms with E-state index in [0.717, 1.165) is 5.56 Å². The summed E-state index contributed by atoms with van der Waals surface area (Å²) >= 11 is 3.27. The maximum absolute atomic E-state index is 12.3. The van der Waals surface area contributed by atoms with Crippen molar-refractivity contribution in [1.82, 2.24) is 0 Å². The van der Waals surface area contributed by atoms with Crippen molar-refractivity contribution in [3.05, 3.63) is 64.1 Å². The Bertz CT molecular complexity index is 596. The molecule has 0 radical (unpaired) electrons. The van der Waals surface area contributed by atoms with Crippen LogP contribution in [0.4, 0.5) is 0 Å². The summed E-state index contributed by atoms with van der Waals surface area (Å²) in [6, 6.07) is 14.5. The Morgan fingerprint density at radius 1 is 1.20 bits per heavy atom. The molecule has 2 aromatic carbocycles. The maximum atomic E-state index is 12.3. The Balaban J connectivity index is 2.52. The molecule has 0 bridgehead atoms. The van der Waals surface area contributed by atoms with Gasteiger partial charge in [0.25, 0.3) is 0 Å². The van der Waals surface area contributed by atoms with Gasteiger partial charge in [-0.15, -0.1) is 0 Å². The predicted octanol–water partition coefficient (Wildman–Crippen LogP) is 3.85. The van der Waals surface area contributed by atoms with E-state index < -0.39 is 5.92 Å². The molecular formula is C16H15BrO3. The molecule has 0 aliphatic heterocycles. The van der Waals surface area contributed by atoms with Crippen LogP contribution in [0.15, 0.2) is 53.0 Å². The highest BCUT2D eigenvalue weighted by Crippen LogP contribution is 2.36. The third kappa shape index (κ3) is 3.02. The Kier molecular flexibility index (Phi) is 4.79. The van der Waals surface area contributed by atoms with Crippen LogP contribution in [0.25, 0.3) is 0 Å². The summed E-state index contributed by atoms with van der Waals surface area (Å²) in [6.07, 6.45) is 0. The van der Waals surface area contributed by atoms with Crippen molar-refractivity contribution in [2.45, 2.75) is 12.8 Å². The average Bonchev–Trinajstić information content (AvgIpc) is 2.45. The molecule has 0 aliphatic rings. The first-order valence-electron chi connectivity index (χ1n) is 6.34. The van der Waals surface area contributed by atoms with Gasteiger partial charge < -0.3 is 9.84 Å². The van der Waals surface area contributed by atoms with E-state index in [1.165, 1.54) is 0 Å². The highest BCUT2D eigenvalue weighted by Gasteiger charge is 2.27. The lowest BCUT2D eigenvalue weighted by Crippen LogP contribution is -2.17. The largest absolute Gasteiger partial charge is 0.506 e. The highest BCUT2D eigenvalue weighted by molar-refractivity contribution is 9.10. The number of aromatic hydroxyl groups is 1. The van der Waals surface area contributed by atoms with Crippen LogP contribution in [-0.4, -0.2) is 17.7 Å². The number of hydrogen-bond donors (Lipinski definition) is 1. The van der Waals surface area contributed by atoms with Gasteiger partial charge in [0.2, 0.25) is 0 Å². The first kappa shape index (κ1) is 14.6. The maximum Gasteiger partial charge on any atom is 0.318 e. The fourth-order valence-corrected chi connectivity index (χ4v) is 2.46. The van der Waals surface area contributed by atoms with Gasteiger partial charge in [0.1, 0.15) is 11.7 Å². The monoisotopic (exact) mass is 334 g/mol. The third-order valence-electron chi connectivity index (χ3n) is 2.98. The SMILES string of the molecule is CCOC(=O)C(c1ccccc1)c1cccc(Br)c1O. The van der Waals surface area contributed by atoms with Gasteiger partial charge in [0, 0.05) is 5.56 Å². The quantitative estimate of drug-likeness (QED) is 0.864. The minimum Gasteiger partial charge on any atom is -0.506 e. The van der Waals surface area contributed by atoms with Crippen molar-refractivity contribution >= 4 is 21.9 Å². The molecule has 0 aliphatic carbocycles.